The Balaban J connectivity index is 2.38. The first kappa shape index (κ1) is 15.5. The number of nitrogens with zero attached hydrogens (tertiary/aromatic N) is 1. The van der Waals surface area contributed by atoms with Gasteiger partial charge in [0.25, 0.3) is 0 Å². The summed E-state index contributed by atoms with van der Waals surface area (Å²) >= 11 is 0. The summed E-state index contributed by atoms with van der Waals surface area (Å²) in [5, 5.41) is 0. The molecule has 0 spiro atoms. The van der Waals surface area contributed by atoms with Gasteiger partial charge in [0.2, 0.25) is 0 Å². The molecular formula is C12H9F6NO2. The lowest BCUT2D eigenvalue weighted by Gasteiger charge is -2.17. The minimum absolute atomic E-state index is 0.0474. The fourth-order valence-electron chi connectivity index (χ4n) is 1.90. The highest BCUT2D eigenvalue weighted by atomic mass is 19.4. The molecular weight excluding hydrogens is 304 g/mol. The second kappa shape index (κ2) is 5.12. The second-order valence-corrected chi connectivity index (χ2v) is 4.45. The number of benzene rings is 1. The van der Waals surface area contributed by atoms with Crippen LogP contribution in [0.15, 0.2) is 18.2 Å². The average molecular weight is 313 g/mol. The van der Waals surface area contributed by atoms with E-state index in [9.17, 15) is 31.1 Å². The van der Waals surface area contributed by atoms with Crippen molar-refractivity contribution in [2.75, 3.05) is 13.2 Å². The molecule has 0 aliphatic carbocycles. The predicted octanol–water partition coefficient (Wildman–Crippen LogP) is 3.68. The van der Waals surface area contributed by atoms with Gasteiger partial charge in [-0.2, -0.15) is 26.3 Å². The van der Waals surface area contributed by atoms with Gasteiger partial charge in [-0.1, -0.05) is 0 Å². The van der Waals surface area contributed by atoms with Crippen molar-refractivity contribution in [3.63, 3.8) is 0 Å². The minimum atomic E-state index is -4.90. The summed E-state index contributed by atoms with van der Waals surface area (Å²) < 4.78 is 80.5. The van der Waals surface area contributed by atoms with Crippen LogP contribution in [0.5, 0.6) is 0 Å². The van der Waals surface area contributed by atoms with E-state index in [0.29, 0.717) is 12.1 Å². The monoisotopic (exact) mass is 313 g/mol. The fourth-order valence-corrected chi connectivity index (χ4v) is 1.90. The third-order valence-electron chi connectivity index (χ3n) is 2.87. The van der Waals surface area contributed by atoms with Gasteiger partial charge in [-0.15, -0.1) is 0 Å². The number of carbonyl (C=O) groups is 1. The van der Waals surface area contributed by atoms with Crippen molar-refractivity contribution in [3.8, 4) is 0 Å². The molecule has 116 valence electrons. The number of carbonyl (C=O) groups excluding carboxylic acids is 1. The summed E-state index contributed by atoms with van der Waals surface area (Å²) in [5.74, 6) is 0. The third kappa shape index (κ3) is 3.59. The van der Waals surface area contributed by atoms with Gasteiger partial charge in [0.05, 0.1) is 17.7 Å². The van der Waals surface area contributed by atoms with Crippen LogP contribution in [0.2, 0.25) is 0 Å². The van der Waals surface area contributed by atoms with E-state index in [0.717, 1.165) is 4.90 Å². The molecule has 1 aliphatic rings. The molecule has 0 unspecified atom stereocenters. The predicted molar refractivity (Wildman–Crippen MR) is 58.2 cm³/mol. The zero-order valence-corrected chi connectivity index (χ0v) is 10.4. The van der Waals surface area contributed by atoms with E-state index >= 15 is 0 Å². The Hall–Kier alpha value is -1.93. The minimum Gasteiger partial charge on any atom is -0.448 e. The Morgan fingerprint density at radius 1 is 1.00 bits per heavy atom. The molecule has 3 nitrogen and oxygen atoms in total. The van der Waals surface area contributed by atoms with Gasteiger partial charge in [0.1, 0.15) is 6.61 Å². The molecule has 0 saturated carbocycles. The summed E-state index contributed by atoms with van der Waals surface area (Å²) in [6.45, 7) is -0.188. The quantitative estimate of drug-likeness (QED) is 0.780. The molecule has 0 aromatic heterocycles. The van der Waals surface area contributed by atoms with Crippen LogP contribution < -0.4 is 0 Å². The molecule has 9 heteroatoms. The van der Waals surface area contributed by atoms with E-state index in [1.54, 1.807) is 0 Å². The molecule has 1 fully saturated rings. The molecule has 0 atom stereocenters. The second-order valence-electron chi connectivity index (χ2n) is 4.45. The molecule has 1 aromatic rings. The van der Waals surface area contributed by atoms with Crippen molar-refractivity contribution in [2.24, 2.45) is 0 Å². The summed E-state index contributed by atoms with van der Waals surface area (Å²) in [6.07, 6.45) is -10.6. The standard InChI is InChI=1S/C12H9F6NO2/c13-11(14,15)8-3-7(4-9(5-8)12(16,17)18)6-19-1-2-21-10(19)20/h3-5H,1-2,6H2. The normalized spacial score (nSPS) is 16.3. The van der Waals surface area contributed by atoms with Crippen LogP contribution in [0.4, 0.5) is 31.1 Å². The van der Waals surface area contributed by atoms with Gasteiger partial charge >= 0.3 is 18.4 Å². The van der Waals surface area contributed by atoms with Crippen molar-refractivity contribution < 1.29 is 35.9 Å². The van der Waals surface area contributed by atoms with Crippen molar-refractivity contribution in [2.45, 2.75) is 18.9 Å². The molecule has 1 heterocycles. The van der Waals surface area contributed by atoms with Gasteiger partial charge in [0.15, 0.2) is 0 Å². The molecule has 1 amide bonds. The Morgan fingerprint density at radius 2 is 1.52 bits per heavy atom. The topological polar surface area (TPSA) is 29.5 Å². The number of ether oxygens (including phenoxy) is 1. The fraction of sp³-hybridized carbons (Fsp3) is 0.417. The first-order valence-corrected chi connectivity index (χ1v) is 5.77. The number of hydrogen-bond donors (Lipinski definition) is 0. The van der Waals surface area contributed by atoms with Gasteiger partial charge < -0.3 is 9.64 Å². The van der Waals surface area contributed by atoms with E-state index < -0.39 is 29.6 Å². The molecule has 0 radical (unpaired) electrons. The maximum atomic E-state index is 12.7. The summed E-state index contributed by atoms with van der Waals surface area (Å²) in [6, 6.07) is 1.24. The Morgan fingerprint density at radius 3 is 1.90 bits per heavy atom. The van der Waals surface area contributed by atoms with Gasteiger partial charge in [-0.25, -0.2) is 4.79 Å². The highest BCUT2D eigenvalue weighted by Crippen LogP contribution is 2.36. The number of rotatable bonds is 2. The van der Waals surface area contributed by atoms with Crippen LogP contribution in [0, 0.1) is 0 Å². The molecule has 1 saturated heterocycles. The van der Waals surface area contributed by atoms with Crippen LogP contribution in [-0.2, 0) is 23.6 Å². The van der Waals surface area contributed by atoms with Crippen LogP contribution in [0.3, 0.4) is 0 Å². The maximum Gasteiger partial charge on any atom is 0.416 e. The van der Waals surface area contributed by atoms with Crippen LogP contribution in [0.1, 0.15) is 16.7 Å². The van der Waals surface area contributed by atoms with Gasteiger partial charge in [-0.3, -0.25) is 0 Å². The van der Waals surface area contributed by atoms with Crippen LogP contribution >= 0.6 is 0 Å². The van der Waals surface area contributed by atoms with Crippen LogP contribution in [0.25, 0.3) is 0 Å². The summed E-state index contributed by atoms with van der Waals surface area (Å²) in [5.41, 5.74) is -3.06. The van der Waals surface area contributed by atoms with Crippen molar-refractivity contribution >= 4 is 6.09 Å². The molecule has 1 aromatic carbocycles. The first-order chi connectivity index (χ1) is 9.57. The maximum absolute atomic E-state index is 12.7. The Labute approximate surface area is 115 Å². The smallest absolute Gasteiger partial charge is 0.416 e. The lowest BCUT2D eigenvalue weighted by atomic mass is 10.0. The Kier molecular flexibility index (Phi) is 3.77. The van der Waals surface area contributed by atoms with Gasteiger partial charge in [0, 0.05) is 6.54 Å². The van der Waals surface area contributed by atoms with Crippen molar-refractivity contribution in [3.05, 3.63) is 34.9 Å². The van der Waals surface area contributed by atoms with E-state index in [1.165, 1.54) is 0 Å². The molecule has 0 N–H and O–H groups in total. The lowest BCUT2D eigenvalue weighted by Crippen LogP contribution is -2.24. The Bertz CT molecular complexity index is 519. The van der Waals surface area contributed by atoms with E-state index in [4.69, 9.17) is 0 Å². The van der Waals surface area contributed by atoms with E-state index in [2.05, 4.69) is 4.74 Å². The third-order valence-corrected chi connectivity index (χ3v) is 2.87. The summed E-state index contributed by atoms with van der Waals surface area (Å²) in [7, 11) is 0. The average Bonchev–Trinajstić information content (AvgIpc) is 2.72. The van der Waals surface area contributed by atoms with Crippen molar-refractivity contribution in [1.29, 1.82) is 0 Å². The number of hydrogen-bond acceptors (Lipinski definition) is 2. The van der Waals surface area contributed by atoms with Crippen LogP contribution in [-0.4, -0.2) is 24.1 Å². The molecule has 1 aliphatic heterocycles. The first-order valence-electron chi connectivity index (χ1n) is 5.77. The largest absolute Gasteiger partial charge is 0.448 e. The molecule has 0 bridgehead atoms. The zero-order chi connectivity index (χ0) is 15.8. The molecule has 2 rings (SSSR count). The van der Waals surface area contributed by atoms with Crippen molar-refractivity contribution in [1.82, 2.24) is 4.90 Å². The highest BCUT2D eigenvalue weighted by Gasteiger charge is 2.37. The number of cyclic esters (lactones) is 1. The number of halogens is 6. The SMILES string of the molecule is O=C1OCCN1Cc1cc(C(F)(F)F)cc(C(F)(F)F)c1. The zero-order valence-electron chi connectivity index (χ0n) is 10.4. The number of amides is 1. The molecule has 21 heavy (non-hydrogen) atoms. The highest BCUT2D eigenvalue weighted by molar-refractivity contribution is 5.69. The van der Waals surface area contributed by atoms with E-state index in [1.807, 2.05) is 0 Å². The lowest BCUT2D eigenvalue weighted by molar-refractivity contribution is -0.143. The van der Waals surface area contributed by atoms with Gasteiger partial charge in [-0.05, 0) is 23.8 Å². The van der Waals surface area contributed by atoms with E-state index in [-0.39, 0.29) is 31.3 Å². The summed E-state index contributed by atoms with van der Waals surface area (Å²) in [4.78, 5) is 12.2. The number of alkyl halides is 6.